The number of aryl methyl sites for hydroxylation is 3. The van der Waals surface area contributed by atoms with Gasteiger partial charge in [-0.1, -0.05) is 12.1 Å². The van der Waals surface area contributed by atoms with E-state index in [1.54, 1.807) is 13.0 Å². The smallest absolute Gasteiger partial charge is 0.235 e. The Kier molecular flexibility index (Phi) is 4.91. The first-order valence-electron chi connectivity index (χ1n) is 9.79. The molecule has 3 heterocycles. The van der Waals surface area contributed by atoms with Crippen molar-refractivity contribution in [3.63, 3.8) is 0 Å². The minimum atomic E-state index is -5.56. The molecule has 1 aromatic carbocycles. The molecule has 1 nitrogen and oxygen atoms in total. The molecule has 172 valence electrons. The van der Waals surface area contributed by atoms with E-state index in [0.717, 1.165) is 27.4 Å². The zero-order valence-corrected chi connectivity index (χ0v) is 19.9. The third-order valence-electron chi connectivity index (χ3n) is 5.67. The van der Waals surface area contributed by atoms with Gasteiger partial charge >= 0.3 is 17.8 Å². The molecule has 3 aromatic heterocycles. The summed E-state index contributed by atoms with van der Waals surface area (Å²) < 4.78 is 90.2. The van der Waals surface area contributed by atoms with Crippen LogP contribution in [0.1, 0.15) is 25.8 Å². The van der Waals surface area contributed by atoms with Crippen LogP contribution in [-0.4, -0.2) is 22.8 Å². The highest BCUT2D eigenvalue weighted by Gasteiger charge is 2.80. The summed E-state index contributed by atoms with van der Waals surface area (Å²) in [5, 5.41) is 0.514. The summed E-state index contributed by atoms with van der Waals surface area (Å²) in [6.07, 6.45) is 0. The fourth-order valence-electron chi connectivity index (χ4n) is 4.13. The standard InChI is InChI=1S/C23H15F6NS3/c1-10-8-13(11(2)31-10)18-19(22(26,27)23(28,29)21(18,24)25)14-9-17(32-12(14)3)20-30-15-6-4-5-7-16(15)33-20/h4-9H,1-3H3. The van der Waals surface area contributed by atoms with Gasteiger partial charge in [0, 0.05) is 25.8 Å². The highest BCUT2D eigenvalue weighted by Crippen LogP contribution is 2.66. The number of allylic oxidation sites excluding steroid dienone is 2. The molecule has 0 aliphatic heterocycles. The van der Waals surface area contributed by atoms with Gasteiger partial charge in [0.25, 0.3) is 0 Å². The normalized spacial score (nSPS) is 19.1. The van der Waals surface area contributed by atoms with Gasteiger partial charge in [-0.25, -0.2) is 4.98 Å². The van der Waals surface area contributed by atoms with Crippen LogP contribution in [-0.2, 0) is 0 Å². The van der Waals surface area contributed by atoms with Crippen molar-refractivity contribution in [2.24, 2.45) is 0 Å². The summed E-state index contributed by atoms with van der Waals surface area (Å²) >= 11 is 3.49. The maximum absolute atomic E-state index is 15.1. The van der Waals surface area contributed by atoms with Crippen molar-refractivity contribution in [1.82, 2.24) is 4.98 Å². The van der Waals surface area contributed by atoms with Crippen molar-refractivity contribution in [2.45, 2.75) is 38.5 Å². The third kappa shape index (κ3) is 3.06. The van der Waals surface area contributed by atoms with Gasteiger partial charge in [0.15, 0.2) is 0 Å². The predicted octanol–water partition coefficient (Wildman–Crippen LogP) is 8.84. The van der Waals surface area contributed by atoms with Crippen molar-refractivity contribution in [1.29, 1.82) is 0 Å². The van der Waals surface area contributed by atoms with Crippen molar-refractivity contribution in [2.75, 3.05) is 0 Å². The second-order valence-electron chi connectivity index (χ2n) is 7.87. The Bertz CT molecular complexity index is 1410. The SMILES string of the molecule is Cc1cc(C2=C(c3cc(-c4nc5ccccc5s4)sc3C)C(F)(F)C(F)(F)C2(F)F)c(C)s1. The molecule has 4 aromatic rings. The Morgan fingerprint density at radius 3 is 1.88 bits per heavy atom. The maximum Gasteiger partial charge on any atom is 0.380 e. The van der Waals surface area contributed by atoms with E-state index in [1.807, 2.05) is 18.2 Å². The summed E-state index contributed by atoms with van der Waals surface area (Å²) in [5.74, 6) is -15.6. The number of hydrogen-bond acceptors (Lipinski definition) is 4. The number of benzene rings is 1. The van der Waals surface area contributed by atoms with E-state index in [4.69, 9.17) is 0 Å². The zero-order chi connectivity index (χ0) is 23.9. The van der Waals surface area contributed by atoms with E-state index in [9.17, 15) is 8.78 Å². The van der Waals surface area contributed by atoms with Gasteiger partial charge in [-0.05, 0) is 56.2 Å². The number of fused-ring (bicyclic) bond motifs is 1. The Morgan fingerprint density at radius 2 is 1.30 bits per heavy atom. The number of nitrogens with zero attached hydrogens (tertiary/aromatic N) is 1. The van der Waals surface area contributed by atoms with Crippen LogP contribution in [0.5, 0.6) is 0 Å². The van der Waals surface area contributed by atoms with E-state index in [1.165, 1.54) is 37.3 Å². The lowest BCUT2D eigenvalue weighted by atomic mass is 9.95. The molecule has 0 N–H and O–H groups in total. The average molecular weight is 516 g/mol. The van der Waals surface area contributed by atoms with Gasteiger partial charge in [-0.2, -0.15) is 26.3 Å². The fraction of sp³-hybridized carbons (Fsp3) is 0.261. The van der Waals surface area contributed by atoms with Crippen LogP contribution in [0.15, 0.2) is 36.4 Å². The Morgan fingerprint density at radius 1 is 0.727 bits per heavy atom. The predicted molar refractivity (Wildman–Crippen MR) is 123 cm³/mol. The monoisotopic (exact) mass is 515 g/mol. The van der Waals surface area contributed by atoms with Crippen LogP contribution in [0.25, 0.3) is 31.2 Å². The first-order valence-corrected chi connectivity index (χ1v) is 12.2. The summed E-state index contributed by atoms with van der Waals surface area (Å²) in [5.41, 5.74) is -2.45. The highest BCUT2D eigenvalue weighted by atomic mass is 32.1. The number of thiazole rings is 1. The molecule has 0 fully saturated rings. The molecular weight excluding hydrogens is 500 g/mol. The topological polar surface area (TPSA) is 12.9 Å². The number of hydrogen-bond donors (Lipinski definition) is 0. The van der Waals surface area contributed by atoms with Crippen LogP contribution in [0, 0.1) is 20.8 Å². The van der Waals surface area contributed by atoms with E-state index >= 15 is 17.6 Å². The number of rotatable bonds is 3. The number of thiophene rings is 2. The molecule has 0 unspecified atom stereocenters. The molecule has 0 saturated heterocycles. The summed E-state index contributed by atoms with van der Waals surface area (Å²) in [6.45, 7) is 4.55. The molecule has 0 radical (unpaired) electrons. The molecular formula is C23H15F6NS3. The third-order valence-corrected chi connectivity index (χ3v) is 8.89. The molecule has 0 amide bonds. The first kappa shape index (κ1) is 22.6. The summed E-state index contributed by atoms with van der Waals surface area (Å²) in [4.78, 5) is 6.04. The quantitative estimate of drug-likeness (QED) is 0.248. The lowest BCUT2D eigenvalue weighted by Gasteiger charge is -2.25. The number of halogens is 6. The van der Waals surface area contributed by atoms with Crippen LogP contribution in [0.4, 0.5) is 26.3 Å². The van der Waals surface area contributed by atoms with Gasteiger partial charge < -0.3 is 0 Å². The molecule has 33 heavy (non-hydrogen) atoms. The summed E-state index contributed by atoms with van der Waals surface area (Å²) in [6, 6.07) is 9.85. The van der Waals surface area contributed by atoms with E-state index in [-0.39, 0.29) is 20.9 Å². The van der Waals surface area contributed by atoms with E-state index in [2.05, 4.69) is 4.98 Å². The molecule has 0 spiro atoms. The molecule has 1 aliphatic rings. The number of aromatic nitrogens is 1. The fourth-order valence-corrected chi connectivity index (χ4v) is 7.09. The Balaban J connectivity index is 1.78. The zero-order valence-electron chi connectivity index (χ0n) is 17.4. The van der Waals surface area contributed by atoms with Crippen molar-refractivity contribution in [3.05, 3.63) is 62.2 Å². The van der Waals surface area contributed by atoms with Crippen molar-refractivity contribution in [3.8, 4) is 9.88 Å². The first-order chi connectivity index (χ1) is 15.4. The van der Waals surface area contributed by atoms with Crippen LogP contribution in [0.3, 0.4) is 0 Å². The minimum Gasteiger partial charge on any atom is -0.235 e. The lowest BCUT2D eigenvalue weighted by Crippen LogP contribution is -2.48. The minimum absolute atomic E-state index is 0.245. The Labute approximate surface area is 197 Å². The Hall–Kier alpha value is -2.17. The number of alkyl halides is 6. The summed E-state index contributed by atoms with van der Waals surface area (Å²) in [7, 11) is 0. The van der Waals surface area contributed by atoms with E-state index in [0.29, 0.717) is 20.3 Å². The molecule has 5 rings (SSSR count). The van der Waals surface area contributed by atoms with Gasteiger partial charge in [0.2, 0.25) is 0 Å². The molecule has 1 aliphatic carbocycles. The lowest BCUT2D eigenvalue weighted by molar-refractivity contribution is -0.254. The van der Waals surface area contributed by atoms with Gasteiger partial charge in [0.1, 0.15) is 5.01 Å². The van der Waals surface area contributed by atoms with Gasteiger partial charge in [-0.3, -0.25) is 0 Å². The molecule has 0 bridgehead atoms. The van der Waals surface area contributed by atoms with Crippen LogP contribution >= 0.6 is 34.0 Å². The second kappa shape index (κ2) is 7.16. The molecule has 0 atom stereocenters. The molecule has 10 heteroatoms. The van der Waals surface area contributed by atoms with Crippen molar-refractivity contribution >= 4 is 55.4 Å². The second-order valence-corrected chi connectivity index (χ2v) is 11.6. The number of para-hydroxylation sites is 1. The molecule has 0 saturated carbocycles. The average Bonchev–Trinajstić information content (AvgIpc) is 3.43. The van der Waals surface area contributed by atoms with Crippen LogP contribution in [0.2, 0.25) is 0 Å². The highest BCUT2D eigenvalue weighted by molar-refractivity contribution is 7.25. The van der Waals surface area contributed by atoms with E-state index < -0.39 is 28.9 Å². The van der Waals surface area contributed by atoms with Gasteiger partial charge in [0.05, 0.1) is 15.1 Å². The van der Waals surface area contributed by atoms with Gasteiger partial charge in [-0.15, -0.1) is 34.0 Å². The van der Waals surface area contributed by atoms with Crippen molar-refractivity contribution < 1.29 is 26.3 Å². The van der Waals surface area contributed by atoms with Crippen LogP contribution < -0.4 is 0 Å². The maximum atomic E-state index is 15.1. The largest absolute Gasteiger partial charge is 0.380 e.